The number of nitrogens with one attached hydrogen (secondary N) is 2. The predicted octanol–water partition coefficient (Wildman–Crippen LogP) is 3.05. The number of rotatable bonds is 4. The molecule has 2 unspecified atom stereocenters. The van der Waals surface area contributed by atoms with E-state index in [0.29, 0.717) is 29.2 Å². The van der Waals surface area contributed by atoms with Crippen molar-refractivity contribution in [3.05, 3.63) is 59.5 Å². The molecular formula is C24H21N3O6S2. The number of ether oxygens (including phenoxy) is 2. The maximum Gasteiger partial charge on any atom is 0.256 e. The van der Waals surface area contributed by atoms with Gasteiger partial charge in [0.15, 0.2) is 11.5 Å². The summed E-state index contributed by atoms with van der Waals surface area (Å²) < 4.78 is 39.1. The van der Waals surface area contributed by atoms with Crippen LogP contribution in [0.2, 0.25) is 0 Å². The summed E-state index contributed by atoms with van der Waals surface area (Å²) in [6.45, 7) is 0.441. The second kappa shape index (κ2) is 8.36. The van der Waals surface area contributed by atoms with Gasteiger partial charge < -0.3 is 19.7 Å². The van der Waals surface area contributed by atoms with E-state index in [0.717, 1.165) is 22.5 Å². The first-order chi connectivity index (χ1) is 16.9. The van der Waals surface area contributed by atoms with Crippen LogP contribution in [0.3, 0.4) is 0 Å². The zero-order valence-corrected chi connectivity index (χ0v) is 20.0. The van der Waals surface area contributed by atoms with Gasteiger partial charge in [-0.2, -0.15) is 0 Å². The number of nitrogens with zero attached hydrogens (tertiary/aromatic N) is 1. The fraction of sp³-hybridized carbons (Fsp3) is 0.250. The molecule has 11 heteroatoms. The topological polar surface area (TPSA) is 114 Å². The lowest BCUT2D eigenvalue weighted by atomic mass is 9.96. The second-order valence-corrected chi connectivity index (χ2v) is 11.5. The Bertz CT molecular complexity index is 1440. The number of sulfonamides is 1. The van der Waals surface area contributed by atoms with E-state index in [-0.39, 0.29) is 35.8 Å². The second-order valence-electron chi connectivity index (χ2n) is 8.61. The van der Waals surface area contributed by atoms with Crippen LogP contribution >= 0.6 is 11.3 Å². The maximum absolute atomic E-state index is 13.5. The van der Waals surface area contributed by atoms with Crippen LogP contribution < -0.4 is 19.5 Å². The molecule has 0 saturated carbocycles. The number of fused-ring (bicyclic) bond motifs is 3. The van der Waals surface area contributed by atoms with Crippen LogP contribution in [0.25, 0.3) is 11.1 Å². The van der Waals surface area contributed by atoms with Crippen LogP contribution in [-0.4, -0.2) is 50.6 Å². The van der Waals surface area contributed by atoms with Crippen LogP contribution in [0.1, 0.15) is 23.2 Å². The molecule has 0 radical (unpaired) electrons. The first kappa shape index (κ1) is 22.1. The number of hydrogen-bond donors (Lipinski definition) is 2. The van der Waals surface area contributed by atoms with Crippen LogP contribution in [0.15, 0.2) is 58.1 Å². The minimum absolute atomic E-state index is 0.175. The standard InChI is InChI=1S/C24H21N3O6S2/c28-23-19-12-16(26-35(30,31)22-2-1-9-34-22)7-8-27(19)24(29)17-10-14(3-5-18(17)25-23)15-4-6-20-21(11-15)33-13-32-20/h1-6,9-11,16,19,26H,7-8,12-13H2,(H,25,28). The third-order valence-corrected chi connectivity index (χ3v) is 9.38. The summed E-state index contributed by atoms with van der Waals surface area (Å²) in [6.07, 6.45) is 0.614. The van der Waals surface area contributed by atoms with Crippen molar-refractivity contribution in [1.29, 1.82) is 0 Å². The molecule has 1 saturated heterocycles. The number of benzene rings is 2. The van der Waals surface area contributed by atoms with E-state index in [2.05, 4.69) is 10.0 Å². The third-order valence-electron chi connectivity index (χ3n) is 6.46. The van der Waals surface area contributed by atoms with Crippen molar-refractivity contribution in [2.45, 2.75) is 29.1 Å². The van der Waals surface area contributed by atoms with Gasteiger partial charge in [-0.05, 0) is 59.7 Å². The summed E-state index contributed by atoms with van der Waals surface area (Å²) in [7, 11) is -3.67. The molecule has 9 nitrogen and oxygen atoms in total. The fourth-order valence-electron chi connectivity index (χ4n) is 4.71. The van der Waals surface area contributed by atoms with Crippen LogP contribution in [-0.2, 0) is 14.8 Å². The molecule has 2 amide bonds. The minimum atomic E-state index is -3.67. The molecule has 3 aliphatic rings. The number of thiophene rings is 1. The van der Waals surface area contributed by atoms with Gasteiger partial charge >= 0.3 is 0 Å². The Morgan fingerprint density at radius 3 is 2.66 bits per heavy atom. The number of carbonyl (C=O) groups is 2. The highest BCUT2D eigenvalue weighted by Gasteiger charge is 2.41. The van der Waals surface area contributed by atoms with E-state index < -0.39 is 22.1 Å². The van der Waals surface area contributed by atoms with Gasteiger partial charge in [-0.25, -0.2) is 13.1 Å². The molecule has 3 aromatic rings. The molecule has 2 atom stereocenters. The lowest BCUT2D eigenvalue weighted by Gasteiger charge is -2.37. The van der Waals surface area contributed by atoms with Gasteiger partial charge in [0.2, 0.25) is 22.7 Å². The lowest BCUT2D eigenvalue weighted by Crippen LogP contribution is -2.54. The molecule has 2 aromatic carbocycles. The number of hydrogen-bond acceptors (Lipinski definition) is 7. The van der Waals surface area contributed by atoms with Crippen molar-refractivity contribution in [2.24, 2.45) is 0 Å². The predicted molar refractivity (Wildman–Crippen MR) is 129 cm³/mol. The zero-order chi connectivity index (χ0) is 24.2. The van der Waals surface area contributed by atoms with Crippen LogP contribution in [0.4, 0.5) is 5.69 Å². The Balaban J connectivity index is 1.26. The smallest absolute Gasteiger partial charge is 0.256 e. The molecule has 180 valence electrons. The molecule has 0 spiro atoms. The van der Waals surface area contributed by atoms with E-state index in [1.165, 1.54) is 0 Å². The van der Waals surface area contributed by atoms with Crippen molar-refractivity contribution in [1.82, 2.24) is 9.62 Å². The lowest BCUT2D eigenvalue weighted by molar-refractivity contribution is -0.121. The summed E-state index contributed by atoms with van der Waals surface area (Å²) in [5.74, 6) is 0.731. The summed E-state index contributed by atoms with van der Waals surface area (Å²) in [6, 6.07) is 12.9. The Hall–Kier alpha value is -3.41. The van der Waals surface area contributed by atoms with Crippen LogP contribution in [0, 0.1) is 0 Å². The molecule has 35 heavy (non-hydrogen) atoms. The summed E-state index contributed by atoms with van der Waals surface area (Å²) in [4.78, 5) is 28.1. The van der Waals surface area contributed by atoms with Gasteiger partial charge in [-0.15, -0.1) is 11.3 Å². The van der Waals surface area contributed by atoms with Crippen LogP contribution in [0.5, 0.6) is 11.5 Å². The zero-order valence-electron chi connectivity index (χ0n) is 18.4. The highest BCUT2D eigenvalue weighted by atomic mass is 32.2. The average molecular weight is 512 g/mol. The van der Waals surface area contributed by atoms with Crippen molar-refractivity contribution in [3.63, 3.8) is 0 Å². The first-order valence-corrected chi connectivity index (χ1v) is 13.5. The normalized spacial score (nSPS) is 21.2. The molecule has 0 bridgehead atoms. The van der Waals surface area contributed by atoms with Gasteiger partial charge in [0.1, 0.15) is 10.3 Å². The quantitative estimate of drug-likeness (QED) is 0.557. The molecule has 4 heterocycles. The van der Waals surface area contributed by atoms with Gasteiger partial charge in [-0.1, -0.05) is 18.2 Å². The Labute approximate surface area is 205 Å². The van der Waals surface area contributed by atoms with E-state index in [4.69, 9.17) is 9.47 Å². The van der Waals surface area contributed by atoms with E-state index in [1.54, 1.807) is 34.5 Å². The SMILES string of the molecule is O=C1Nc2ccc(-c3ccc4c(c3)OCO4)cc2C(=O)N2CCC(NS(=O)(=O)c3cccs3)CC12. The van der Waals surface area contributed by atoms with E-state index in [9.17, 15) is 18.0 Å². The highest BCUT2D eigenvalue weighted by Crippen LogP contribution is 2.37. The van der Waals surface area contributed by atoms with Gasteiger partial charge in [0.05, 0.1) is 11.3 Å². The Morgan fingerprint density at radius 1 is 1.03 bits per heavy atom. The van der Waals surface area contributed by atoms with Gasteiger partial charge in [0.25, 0.3) is 5.91 Å². The first-order valence-electron chi connectivity index (χ1n) is 11.1. The van der Waals surface area contributed by atoms with Crippen molar-refractivity contribution >= 4 is 38.9 Å². The highest BCUT2D eigenvalue weighted by molar-refractivity contribution is 7.91. The summed E-state index contributed by atoms with van der Waals surface area (Å²) >= 11 is 1.13. The molecular weight excluding hydrogens is 490 g/mol. The van der Waals surface area contributed by atoms with E-state index in [1.807, 2.05) is 24.3 Å². The fourth-order valence-corrected chi connectivity index (χ4v) is 7.01. The molecule has 1 aromatic heterocycles. The van der Waals surface area contributed by atoms with Crippen molar-refractivity contribution in [2.75, 3.05) is 18.7 Å². The minimum Gasteiger partial charge on any atom is -0.454 e. The number of anilines is 1. The van der Waals surface area contributed by atoms with Crippen molar-refractivity contribution < 1.29 is 27.5 Å². The monoisotopic (exact) mass is 511 g/mol. The number of piperidine rings is 1. The molecule has 2 N–H and O–H groups in total. The Morgan fingerprint density at radius 2 is 1.83 bits per heavy atom. The molecule has 6 rings (SSSR count). The largest absolute Gasteiger partial charge is 0.454 e. The molecule has 1 fully saturated rings. The maximum atomic E-state index is 13.5. The van der Waals surface area contributed by atoms with Crippen molar-refractivity contribution in [3.8, 4) is 22.6 Å². The molecule has 3 aliphatic heterocycles. The third kappa shape index (κ3) is 3.95. The average Bonchev–Trinajstić information content (AvgIpc) is 3.54. The number of amides is 2. The summed E-state index contributed by atoms with van der Waals surface area (Å²) in [5, 5.41) is 4.56. The Kier molecular flexibility index (Phi) is 5.28. The van der Waals surface area contributed by atoms with Gasteiger partial charge in [0, 0.05) is 12.6 Å². The summed E-state index contributed by atoms with van der Waals surface area (Å²) in [5.41, 5.74) is 2.50. The van der Waals surface area contributed by atoms with Gasteiger partial charge in [-0.3, -0.25) is 9.59 Å². The number of carbonyl (C=O) groups excluding carboxylic acids is 2. The molecule has 0 aliphatic carbocycles. The van der Waals surface area contributed by atoms with E-state index >= 15 is 0 Å².